The van der Waals surface area contributed by atoms with Crippen molar-refractivity contribution in [3.05, 3.63) is 64.6 Å². The van der Waals surface area contributed by atoms with Gasteiger partial charge >= 0.3 is 6.03 Å². The van der Waals surface area contributed by atoms with Gasteiger partial charge in [-0.25, -0.2) is 4.79 Å². The Hall–Kier alpha value is -2.56. The third-order valence-electron chi connectivity index (χ3n) is 4.29. The second kappa shape index (κ2) is 6.69. The number of aryl methyl sites for hydroxylation is 1. The van der Waals surface area contributed by atoms with Gasteiger partial charge in [0.05, 0.1) is 5.69 Å². The minimum Gasteiger partial charge on any atom is -0.321 e. The number of nitrogens with zero attached hydrogens (tertiary/aromatic N) is 2. The topological polar surface area (TPSA) is 54.3 Å². The number of rotatable bonds is 3. The van der Waals surface area contributed by atoms with Gasteiger partial charge in [0.25, 0.3) is 0 Å². The number of aromatic nitrogens is 1. The molecule has 1 atom stereocenters. The molecule has 1 N–H and O–H groups in total. The normalized spacial score (nSPS) is 17.3. The highest BCUT2D eigenvalue weighted by molar-refractivity contribution is 5.89. The molecule has 0 saturated carbocycles. The average Bonchev–Trinajstić information content (AvgIpc) is 3.00. The number of nitrogens with one attached hydrogen (secondary N) is 1. The molecule has 120 valence electrons. The lowest BCUT2D eigenvalue weighted by molar-refractivity contribution is 0.206. The van der Waals surface area contributed by atoms with Crippen LogP contribution in [0.25, 0.3) is 0 Å². The molecular formula is C18H21N3O2. The number of hydrogen-bond donors (Lipinski definition) is 1. The summed E-state index contributed by atoms with van der Waals surface area (Å²) in [6.07, 6.45) is 4.57. The summed E-state index contributed by atoms with van der Waals surface area (Å²) in [6.45, 7) is 0.773. The van der Waals surface area contributed by atoms with Gasteiger partial charge in [-0.1, -0.05) is 30.3 Å². The van der Waals surface area contributed by atoms with Crippen LogP contribution in [-0.4, -0.2) is 28.1 Å². The maximum absolute atomic E-state index is 12.5. The first-order valence-electron chi connectivity index (χ1n) is 7.92. The van der Waals surface area contributed by atoms with Crippen molar-refractivity contribution in [3.63, 3.8) is 0 Å². The zero-order valence-electron chi connectivity index (χ0n) is 13.2. The van der Waals surface area contributed by atoms with E-state index in [4.69, 9.17) is 0 Å². The van der Waals surface area contributed by atoms with Crippen LogP contribution in [0.5, 0.6) is 0 Å². The summed E-state index contributed by atoms with van der Waals surface area (Å²) in [4.78, 5) is 25.8. The molecule has 2 amide bonds. The molecule has 5 heteroatoms. The monoisotopic (exact) mass is 311 g/mol. The summed E-state index contributed by atoms with van der Waals surface area (Å²) in [6, 6.07) is 13.5. The zero-order chi connectivity index (χ0) is 16.2. The van der Waals surface area contributed by atoms with E-state index in [-0.39, 0.29) is 17.6 Å². The Morgan fingerprint density at radius 1 is 1.22 bits per heavy atom. The Morgan fingerprint density at radius 2 is 2.00 bits per heavy atom. The van der Waals surface area contributed by atoms with Crippen molar-refractivity contribution in [2.75, 3.05) is 11.9 Å². The lowest BCUT2D eigenvalue weighted by Crippen LogP contribution is -2.39. The van der Waals surface area contributed by atoms with Crippen molar-refractivity contribution >= 4 is 11.7 Å². The lowest BCUT2D eigenvalue weighted by Gasteiger charge is -2.25. The van der Waals surface area contributed by atoms with E-state index >= 15 is 0 Å². The zero-order valence-corrected chi connectivity index (χ0v) is 13.2. The molecule has 1 saturated heterocycles. The number of anilines is 1. The van der Waals surface area contributed by atoms with Crippen molar-refractivity contribution in [2.24, 2.45) is 7.05 Å². The molecule has 1 aliphatic heterocycles. The van der Waals surface area contributed by atoms with Gasteiger partial charge < -0.3 is 14.8 Å². The Labute approximate surface area is 135 Å². The molecule has 1 fully saturated rings. The Bertz CT molecular complexity index is 739. The molecule has 5 nitrogen and oxygen atoms in total. The predicted octanol–water partition coefficient (Wildman–Crippen LogP) is 2.62. The van der Waals surface area contributed by atoms with Crippen molar-refractivity contribution < 1.29 is 4.79 Å². The summed E-state index contributed by atoms with van der Waals surface area (Å²) in [5, 5.41) is 2.89. The number of amides is 2. The van der Waals surface area contributed by atoms with Gasteiger partial charge in [-0.15, -0.1) is 0 Å². The van der Waals surface area contributed by atoms with Crippen LogP contribution >= 0.6 is 0 Å². The fraction of sp³-hybridized carbons (Fsp3) is 0.333. The molecule has 1 aromatic carbocycles. The Balaban J connectivity index is 1.68. The van der Waals surface area contributed by atoms with E-state index in [9.17, 15) is 9.59 Å². The molecule has 0 bridgehead atoms. The van der Waals surface area contributed by atoms with Crippen molar-refractivity contribution in [1.29, 1.82) is 0 Å². The molecule has 0 unspecified atom stereocenters. The summed E-state index contributed by atoms with van der Waals surface area (Å²) in [5.74, 6) is 0. The first-order valence-corrected chi connectivity index (χ1v) is 7.92. The number of urea groups is 1. The Morgan fingerprint density at radius 3 is 2.74 bits per heavy atom. The largest absolute Gasteiger partial charge is 0.322 e. The molecule has 0 spiro atoms. The fourth-order valence-electron chi connectivity index (χ4n) is 3.06. The van der Waals surface area contributed by atoms with Crippen LogP contribution in [0.4, 0.5) is 10.5 Å². The smallest absolute Gasteiger partial charge is 0.321 e. The van der Waals surface area contributed by atoms with E-state index in [1.807, 2.05) is 23.1 Å². The molecule has 3 rings (SSSR count). The number of carbonyl (C=O) groups is 1. The van der Waals surface area contributed by atoms with E-state index < -0.39 is 0 Å². The van der Waals surface area contributed by atoms with Gasteiger partial charge in [0.15, 0.2) is 0 Å². The molecule has 1 aliphatic rings. The van der Waals surface area contributed by atoms with E-state index in [1.165, 1.54) is 16.2 Å². The maximum Gasteiger partial charge on any atom is 0.322 e. The van der Waals surface area contributed by atoms with Crippen molar-refractivity contribution in [2.45, 2.75) is 25.3 Å². The average molecular weight is 311 g/mol. The summed E-state index contributed by atoms with van der Waals surface area (Å²) < 4.78 is 1.46. The lowest BCUT2D eigenvalue weighted by atomic mass is 10.0. The molecule has 2 heterocycles. The van der Waals surface area contributed by atoms with Crippen LogP contribution in [0.2, 0.25) is 0 Å². The van der Waals surface area contributed by atoms with E-state index in [2.05, 4.69) is 17.4 Å². The fourth-order valence-corrected chi connectivity index (χ4v) is 3.06. The molecular weight excluding hydrogens is 290 g/mol. The number of benzene rings is 1. The van der Waals surface area contributed by atoms with Gasteiger partial charge in [-0.3, -0.25) is 4.79 Å². The standard InChI is InChI=1S/C18H21N3O2/c1-20-13-15(9-10-17(20)22)19-18(23)21-11-5-8-16(21)12-14-6-3-2-4-7-14/h2-4,6-7,9-10,13,16H,5,8,11-12H2,1H3,(H,19,23)/t16-/m0/s1. The van der Waals surface area contributed by atoms with Gasteiger partial charge in [0.2, 0.25) is 5.56 Å². The minimum atomic E-state index is -0.0953. The van der Waals surface area contributed by atoms with E-state index in [0.717, 1.165) is 25.8 Å². The number of carbonyl (C=O) groups excluding carboxylic acids is 1. The summed E-state index contributed by atoms with van der Waals surface area (Å²) in [7, 11) is 1.67. The minimum absolute atomic E-state index is 0.0916. The van der Waals surface area contributed by atoms with Crippen molar-refractivity contribution in [1.82, 2.24) is 9.47 Å². The Kier molecular flexibility index (Phi) is 4.46. The highest BCUT2D eigenvalue weighted by Gasteiger charge is 2.28. The molecule has 2 aromatic rings. The second-order valence-electron chi connectivity index (χ2n) is 5.98. The molecule has 23 heavy (non-hydrogen) atoms. The van der Waals surface area contributed by atoms with Gasteiger partial charge in [0, 0.05) is 31.9 Å². The van der Waals surface area contributed by atoms with Crippen LogP contribution in [0.3, 0.4) is 0 Å². The number of likely N-dealkylation sites (tertiary alicyclic amines) is 1. The number of pyridine rings is 1. The van der Waals surface area contributed by atoms with Crippen LogP contribution < -0.4 is 10.9 Å². The SMILES string of the molecule is Cn1cc(NC(=O)N2CCC[C@H]2Cc2ccccc2)ccc1=O. The highest BCUT2D eigenvalue weighted by Crippen LogP contribution is 2.22. The maximum atomic E-state index is 12.5. The molecule has 1 aromatic heterocycles. The molecule has 0 radical (unpaired) electrons. The second-order valence-corrected chi connectivity index (χ2v) is 5.98. The van der Waals surface area contributed by atoms with Gasteiger partial charge in [-0.05, 0) is 30.9 Å². The summed E-state index contributed by atoms with van der Waals surface area (Å²) in [5.41, 5.74) is 1.80. The van der Waals surface area contributed by atoms with E-state index in [0.29, 0.717) is 5.69 Å². The van der Waals surface area contributed by atoms with Gasteiger partial charge in [-0.2, -0.15) is 0 Å². The first-order chi connectivity index (χ1) is 11.1. The third-order valence-corrected chi connectivity index (χ3v) is 4.29. The quantitative estimate of drug-likeness (QED) is 0.947. The summed E-state index contributed by atoms with van der Waals surface area (Å²) >= 11 is 0. The third kappa shape index (κ3) is 3.62. The predicted molar refractivity (Wildman–Crippen MR) is 90.6 cm³/mol. The van der Waals surface area contributed by atoms with Crippen LogP contribution in [0, 0.1) is 0 Å². The molecule has 0 aliphatic carbocycles. The first kappa shape index (κ1) is 15.3. The number of hydrogen-bond acceptors (Lipinski definition) is 2. The van der Waals surface area contributed by atoms with Crippen molar-refractivity contribution in [3.8, 4) is 0 Å². The van der Waals surface area contributed by atoms with E-state index in [1.54, 1.807) is 19.3 Å². The highest BCUT2D eigenvalue weighted by atomic mass is 16.2. The van der Waals surface area contributed by atoms with Gasteiger partial charge in [0.1, 0.15) is 0 Å². The van der Waals surface area contributed by atoms with Crippen LogP contribution in [0.1, 0.15) is 18.4 Å². The van der Waals surface area contributed by atoms with Crippen LogP contribution in [-0.2, 0) is 13.5 Å². The van der Waals surface area contributed by atoms with Crippen LogP contribution in [0.15, 0.2) is 53.5 Å².